The molecule has 0 bridgehead atoms. The Kier molecular flexibility index (Phi) is 6.50. The van der Waals surface area contributed by atoms with Crippen molar-refractivity contribution in [2.24, 2.45) is 5.92 Å². The highest BCUT2D eigenvalue weighted by molar-refractivity contribution is 7.90. The molecule has 5 heterocycles. The number of nitrogens with one attached hydrogen (secondary N) is 3. The number of H-pyrrole nitrogens is 2. The van der Waals surface area contributed by atoms with Gasteiger partial charge in [0.2, 0.25) is 5.91 Å². The molecule has 43 heavy (non-hydrogen) atoms. The summed E-state index contributed by atoms with van der Waals surface area (Å²) < 4.78 is 38.0. The Bertz CT molecular complexity index is 2150. The van der Waals surface area contributed by atoms with Crippen LogP contribution in [0.4, 0.5) is 10.1 Å². The molecular weight excluding hydrogens is 569 g/mol. The van der Waals surface area contributed by atoms with Crippen LogP contribution in [-0.4, -0.2) is 56.5 Å². The topological polar surface area (TPSA) is 146 Å². The van der Waals surface area contributed by atoms with Crippen molar-refractivity contribution in [2.45, 2.75) is 19.3 Å². The number of aromatic nitrogens is 6. The number of pyridine rings is 3. The monoisotopic (exact) mass is 595 g/mol. The van der Waals surface area contributed by atoms with Crippen molar-refractivity contribution in [3.8, 4) is 33.8 Å². The van der Waals surface area contributed by atoms with Crippen molar-refractivity contribution in [1.82, 2.24) is 30.1 Å². The van der Waals surface area contributed by atoms with E-state index in [9.17, 15) is 17.6 Å². The van der Waals surface area contributed by atoms with Gasteiger partial charge in [-0.05, 0) is 60.7 Å². The van der Waals surface area contributed by atoms with Gasteiger partial charge in [-0.15, -0.1) is 0 Å². The van der Waals surface area contributed by atoms with E-state index < -0.39 is 15.7 Å². The predicted molar refractivity (Wildman–Crippen MR) is 162 cm³/mol. The largest absolute Gasteiger partial charge is 0.352 e. The van der Waals surface area contributed by atoms with Crippen LogP contribution in [0.2, 0.25) is 0 Å². The Hall–Kier alpha value is -4.97. The number of aryl methyl sites for hydroxylation is 1. The SMILES string of the molecule is CS(=O)(=O)CCc1cc(F)cc(-c2cncc3[nH]c(-c4n[nH]c5cnc(-c6cncc(NC(=O)C7CC7)c6)cc45)cc23)c1. The van der Waals surface area contributed by atoms with Gasteiger partial charge in [0.15, 0.2) is 0 Å². The van der Waals surface area contributed by atoms with Gasteiger partial charge in [-0.1, -0.05) is 6.07 Å². The number of carbonyl (C=O) groups is 1. The van der Waals surface area contributed by atoms with Gasteiger partial charge < -0.3 is 10.3 Å². The lowest BCUT2D eigenvalue weighted by molar-refractivity contribution is -0.117. The number of carbonyl (C=O) groups excluding carboxylic acids is 1. The summed E-state index contributed by atoms with van der Waals surface area (Å²) in [6, 6.07) is 10.3. The second kappa shape index (κ2) is 10.4. The van der Waals surface area contributed by atoms with E-state index >= 15 is 0 Å². The average molecular weight is 596 g/mol. The maximum atomic E-state index is 14.6. The van der Waals surface area contributed by atoms with Crippen LogP contribution in [-0.2, 0) is 21.1 Å². The van der Waals surface area contributed by atoms with Gasteiger partial charge in [0.1, 0.15) is 21.3 Å². The zero-order valence-electron chi connectivity index (χ0n) is 23.1. The Morgan fingerprint density at radius 2 is 1.79 bits per heavy atom. The predicted octanol–water partition coefficient (Wildman–Crippen LogP) is 5.30. The number of rotatable bonds is 8. The lowest BCUT2D eigenvalue weighted by atomic mass is 10.0. The standard InChI is InChI=1S/C31H26FN7O3S/c1-43(41,42)5-4-17-6-19(8-21(32)7-17)25-14-34-15-28-23(25)10-27(37-28)30-24-11-26(35-16-29(24)38-39-30)20-9-22(13-33-12-20)36-31(40)18-2-3-18/h6-16,18,37H,2-5H2,1H3,(H,36,40)(H,38,39). The quantitative estimate of drug-likeness (QED) is 0.216. The second-order valence-electron chi connectivity index (χ2n) is 11.0. The van der Waals surface area contributed by atoms with Crippen LogP contribution in [0.1, 0.15) is 18.4 Å². The second-order valence-corrected chi connectivity index (χ2v) is 13.2. The zero-order valence-corrected chi connectivity index (χ0v) is 23.9. The van der Waals surface area contributed by atoms with Crippen LogP contribution in [0.15, 0.2) is 67.4 Å². The molecule has 5 aromatic heterocycles. The number of benzene rings is 1. The lowest BCUT2D eigenvalue weighted by Crippen LogP contribution is -2.13. The van der Waals surface area contributed by atoms with Crippen molar-refractivity contribution >= 4 is 43.2 Å². The van der Waals surface area contributed by atoms with E-state index in [1.165, 1.54) is 18.4 Å². The van der Waals surface area contributed by atoms with Crippen LogP contribution < -0.4 is 5.32 Å². The number of anilines is 1. The molecule has 1 saturated carbocycles. The molecule has 1 aromatic carbocycles. The van der Waals surface area contributed by atoms with Gasteiger partial charge in [-0.3, -0.25) is 24.8 Å². The number of hydrogen-bond acceptors (Lipinski definition) is 7. The fourth-order valence-electron chi connectivity index (χ4n) is 5.18. The molecule has 1 aliphatic rings. The van der Waals surface area contributed by atoms with E-state index in [0.29, 0.717) is 33.8 Å². The van der Waals surface area contributed by atoms with Crippen molar-refractivity contribution < 1.29 is 17.6 Å². The van der Waals surface area contributed by atoms with Crippen LogP contribution in [0.3, 0.4) is 0 Å². The van der Waals surface area contributed by atoms with Crippen molar-refractivity contribution in [3.05, 3.63) is 78.8 Å². The number of sulfone groups is 1. The summed E-state index contributed by atoms with van der Waals surface area (Å²) in [5.74, 6) is -0.416. The van der Waals surface area contributed by atoms with Crippen LogP contribution in [0.25, 0.3) is 55.6 Å². The Balaban J connectivity index is 1.25. The number of halogens is 1. The van der Waals surface area contributed by atoms with Gasteiger partial charge >= 0.3 is 0 Å². The minimum absolute atomic E-state index is 0.00974. The van der Waals surface area contributed by atoms with Crippen molar-refractivity contribution in [3.63, 3.8) is 0 Å². The Morgan fingerprint density at radius 3 is 2.60 bits per heavy atom. The number of amides is 1. The summed E-state index contributed by atoms with van der Waals surface area (Å²) in [6.45, 7) is 0. The number of hydrogen-bond donors (Lipinski definition) is 3. The first-order valence-corrected chi connectivity index (χ1v) is 15.8. The molecule has 6 aromatic rings. The van der Waals surface area contributed by atoms with Crippen molar-refractivity contribution in [1.29, 1.82) is 0 Å². The first-order valence-electron chi connectivity index (χ1n) is 13.8. The first kappa shape index (κ1) is 26.9. The van der Waals surface area contributed by atoms with E-state index in [1.807, 2.05) is 18.2 Å². The molecule has 12 heteroatoms. The fourth-order valence-corrected chi connectivity index (χ4v) is 5.79. The van der Waals surface area contributed by atoms with Crippen LogP contribution in [0, 0.1) is 11.7 Å². The highest BCUT2D eigenvalue weighted by Gasteiger charge is 2.29. The van der Waals surface area contributed by atoms with E-state index in [-0.39, 0.29) is 24.0 Å². The van der Waals surface area contributed by atoms with E-state index in [2.05, 4.69) is 35.5 Å². The summed E-state index contributed by atoms with van der Waals surface area (Å²) in [5, 5.41) is 12.2. The van der Waals surface area contributed by atoms with Crippen molar-refractivity contribution in [2.75, 3.05) is 17.3 Å². The minimum atomic E-state index is -3.19. The summed E-state index contributed by atoms with van der Waals surface area (Å²) >= 11 is 0. The Morgan fingerprint density at radius 1 is 0.953 bits per heavy atom. The lowest BCUT2D eigenvalue weighted by Gasteiger charge is -2.07. The molecule has 0 aliphatic heterocycles. The summed E-state index contributed by atoms with van der Waals surface area (Å²) in [6.07, 6.45) is 11.6. The average Bonchev–Trinajstić information content (AvgIpc) is 3.61. The number of fused-ring (bicyclic) bond motifs is 2. The first-order chi connectivity index (χ1) is 20.7. The summed E-state index contributed by atoms with van der Waals surface area (Å²) in [7, 11) is -3.19. The van der Waals surface area contributed by atoms with Gasteiger partial charge in [-0.2, -0.15) is 5.10 Å². The molecule has 3 N–H and O–H groups in total. The van der Waals surface area contributed by atoms with Crippen LogP contribution in [0.5, 0.6) is 0 Å². The maximum absolute atomic E-state index is 14.6. The Labute approximate surface area is 245 Å². The zero-order chi connectivity index (χ0) is 29.7. The highest BCUT2D eigenvalue weighted by Crippen LogP contribution is 2.35. The van der Waals surface area contributed by atoms with Gasteiger partial charge in [0, 0.05) is 46.5 Å². The van der Waals surface area contributed by atoms with E-state index in [1.54, 1.807) is 37.1 Å². The van der Waals surface area contributed by atoms with Gasteiger partial charge in [0.25, 0.3) is 0 Å². The third-order valence-corrected chi connectivity index (χ3v) is 8.47. The molecule has 0 atom stereocenters. The number of nitrogens with zero attached hydrogens (tertiary/aromatic N) is 4. The normalized spacial score (nSPS) is 13.5. The van der Waals surface area contributed by atoms with Gasteiger partial charge in [0.05, 0.1) is 52.5 Å². The molecule has 0 radical (unpaired) electrons. The maximum Gasteiger partial charge on any atom is 0.227 e. The fraction of sp³-hybridized carbons (Fsp3) is 0.194. The molecule has 0 spiro atoms. The molecule has 0 saturated heterocycles. The summed E-state index contributed by atoms with van der Waals surface area (Å²) in [4.78, 5) is 28.9. The molecule has 1 amide bonds. The number of aromatic amines is 2. The molecule has 1 aliphatic carbocycles. The third-order valence-electron chi connectivity index (χ3n) is 7.53. The molecule has 0 unspecified atom stereocenters. The van der Waals surface area contributed by atoms with E-state index in [0.717, 1.165) is 45.9 Å². The smallest absolute Gasteiger partial charge is 0.227 e. The molecule has 216 valence electrons. The minimum Gasteiger partial charge on any atom is -0.352 e. The molecule has 10 nitrogen and oxygen atoms in total. The highest BCUT2D eigenvalue weighted by atomic mass is 32.2. The third kappa shape index (κ3) is 5.61. The molecule has 7 rings (SSSR count). The van der Waals surface area contributed by atoms with Crippen LogP contribution >= 0.6 is 0 Å². The molecular formula is C31H26FN7O3S. The van der Waals surface area contributed by atoms with E-state index in [4.69, 9.17) is 0 Å². The van der Waals surface area contributed by atoms with Gasteiger partial charge in [-0.25, -0.2) is 12.8 Å². The molecule has 1 fully saturated rings. The summed E-state index contributed by atoms with van der Waals surface area (Å²) in [5.41, 5.74) is 6.82.